The van der Waals surface area contributed by atoms with Crippen molar-refractivity contribution in [1.29, 1.82) is 0 Å². The molecule has 2 bridgehead atoms. The van der Waals surface area contributed by atoms with Gasteiger partial charge < -0.3 is 5.73 Å². The molecule has 0 aromatic heterocycles. The van der Waals surface area contributed by atoms with Crippen LogP contribution in [0.1, 0.15) is 31.2 Å². The SMILES string of the molecule is NC1CC2CCC(C1)N2Cc1cccc(Br)c1. The van der Waals surface area contributed by atoms with Gasteiger partial charge in [-0.1, -0.05) is 28.1 Å². The lowest BCUT2D eigenvalue weighted by molar-refractivity contribution is 0.120. The van der Waals surface area contributed by atoms with Crippen LogP contribution in [0.15, 0.2) is 28.7 Å². The highest BCUT2D eigenvalue weighted by atomic mass is 79.9. The molecule has 1 aromatic rings. The van der Waals surface area contributed by atoms with E-state index in [-0.39, 0.29) is 0 Å². The standard InChI is InChI=1S/C14H19BrN2/c15-11-3-1-2-10(6-11)9-17-13-4-5-14(17)8-12(16)7-13/h1-3,6,12-14H,4-5,7-9,16H2. The van der Waals surface area contributed by atoms with Crippen molar-refractivity contribution in [3.63, 3.8) is 0 Å². The van der Waals surface area contributed by atoms with Crippen LogP contribution in [0.25, 0.3) is 0 Å². The molecule has 2 N–H and O–H groups in total. The van der Waals surface area contributed by atoms with Gasteiger partial charge >= 0.3 is 0 Å². The van der Waals surface area contributed by atoms with Gasteiger partial charge in [-0.2, -0.15) is 0 Å². The third-order valence-electron chi connectivity index (χ3n) is 4.17. The molecule has 2 atom stereocenters. The molecule has 2 nitrogen and oxygen atoms in total. The number of benzene rings is 1. The molecular weight excluding hydrogens is 276 g/mol. The summed E-state index contributed by atoms with van der Waals surface area (Å²) in [5.74, 6) is 0. The molecule has 2 fully saturated rings. The predicted molar refractivity (Wildman–Crippen MR) is 73.7 cm³/mol. The number of nitrogens with zero attached hydrogens (tertiary/aromatic N) is 1. The Morgan fingerprint density at radius 2 is 1.94 bits per heavy atom. The van der Waals surface area contributed by atoms with Gasteiger partial charge in [-0.25, -0.2) is 0 Å². The van der Waals surface area contributed by atoms with Crippen LogP contribution in [0.3, 0.4) is 0 Å². The molecule has 0 saturated carbocycles. The highest BCUT2D eigenvalue weighted by Gasteiger charge is 2.39. The van der Waals surface area contributed by atoms with Gasteiger partial charge in [0.15, 0.2) is 0 Å². The van der Waals surface area contributed by atoms with Gasteiger partial charge in [0.1, 0.15) is 0 Å². The number of hydrogen-bond donors (Lipinski definition) is 1. The third-order valence-corrected chi connectivity index (χ3v) is 4.67. The zero-order valence-corrected chi connectivity index (χ0v) is 11.6. The van der Waals surface area contributed by atoms with E-state index in [2.05, 4.69) is 45.1 Å². The lowest BCUT2D eigenvalue weighted by atomic mass is 9.97. The third kappa shape index (κ3) is 2.42. The average molecular weight is 295 g/mol. The number of hydrogen-bond acceptors (Lipinski definition) is 2. The second-order valence-electron chi connectivity index (χ2n) is 5.42. The van der Waals surface area contributed by atoms with Crippen molar-refractivity contribution in [3.8, 4) is 0 Å². The van der Waals surface area contributed by atoms with E-state index in [1.54, 1.807) is 0 Å². The summed E-state index contributed by atoms with van der Waals surface area (Å²) in [5.41, 5.74) is 7.51. The van der Waals surface area contributed by atoms with Crippen LogP contribution >= 0.6 is 15.9 Å². The summed E-state index contributed by atoms with van der Waals surface area (Å²) < 4.78 is 1.18. The number of piperidine rings is 1. The van der Waals surface area contributed by atoms with Crippen molar-refractivity contribution in [2.24, 2.45) is 5.73 Å². The highest BCUT2D eigenvalue weighted by Crippen LogP contribution is 2.36. The Morgan fingerprint density at radius 1 is 1.24 bits per heavy atom. The first-order valence-corrected chi connectivity index (χ1v) is 7.27. The van der Waals surface area contributed by atoms with Crippen molar-refractivity contribution in [2.75, 3.05) is 0 Å². The summed E-state index contributed by atoms with van der Waals surface area (Å²) in [6.07, 6.45) is 5.05. The Labute approximate surface area is 111 Å². The minimum atomic E-state index is 0.436. The van der Waals surface area contributed by atoms with Crippen molar-refractivity contribution in [3.05, 3.63) is 34.3 Å². The van der Waals surface area contributed by atoms with E-state index < -0.39 is 0 Å². The Kier molecular flexibility index (Phi) is 3.24. The molecule has 92 valence electrons. The largest absolute Gasteiger partial charge is 0.328 e. The van der Waals surface area contributed by atoms with Gasteiger partial charge in [-0.3, -0.25) is 4.90 Å². The van der Waals surface area contributed by atoms with E-state index in [0.717, 1.165) is 18.6 Å². The number of halogens is 1. The molecule has 2 saturated heterocycles. The Morgan fingerprint density at radius 3 is 2.59 bits per heavy atom. The van der Waals surface area contributed by atoms with E-state index in [1.165, 1.54) is 35.7 Å². The summed E-state index contributed by atoms with van der Waals surface area (Å²) in [7, 11) is 0. The van der Waals surface area contributed by atoms with Crippen LogP contribution in [-0.4, -0.2) is 23.0 Å². The number of nitrogens with two attached hydrogens (primary N) is 1. The predicted octanol–water partition coefficient (Wildman–Crippen LogP) is 2.90. The molecule has 0 radical (unpaired) electrons. The molecule has 0 spiro atoms. The van der Waals surface area contributed by atoms with Crippen LogP contribution in [0, 0.1) is 0 Å². The Hall–Kier alpha value is -0.380. The minimum Gasteiger partial charge on any atom is -0.328 e. The van der Waals surface area contributed by atoms with Gasteiger partial charge in [0, 0.05) is 29.1 Å². The zero-order chi connectivity index (χ0) is 11.8. The van der Waals surface area contributed by atoms with Crippen LogP contribution in [0.4, 0.5) is 0 Å². The maximum Gasteiger partial charge on any atom is 0.0240 e. The van der Waals surface area contributed by atoms with Crippen molar-refractivity contribution >= 4 is 15.9 Å². The van der Waals surface area contributed by atoms with Gasteiger partial charge in [0.2, 0.25) is 0 Å². The van der Waals surface area contributed by atoms with E-state index in [0.29, 0.717) is 6.04 Å². The summed E-state index contributed by atoms with van der Waals surface area (Å²) in [5, 5.41) is 0. The summed E-state index contributed by atoms with van der Waals surface area (Å²) >= 11 is 3.54. The lowest BCUT2D eigenvalue weighted by Gasteiger charge is -2.37. The smallest absolute Gasteiger partial charge is 0.0240 e. The zero-order valence-electron chi connectivity index (χ0n) is 9.98. The van der Waals surface area contributed by atoms with Gasteiger partial charge in [0.25, 0.3) is 0 Å². The monoisotopic (exact) mass is 294 g/mol. The fourth-order valence-electron chi connectivity index (χ4n) is 3.42. The van der Waals surface area contributed by atoms with Crippen molar-refractivity contribution < 1.29 is 0 Å². The summed E-state index contributed by atoms with van der Waals surface area (Å²) in [4.78, 5) is 2.67. The van der Waals surface area contributed by atoms with E-state index in [9.17, 15) is 0 Å². The first kappa shape index (κ1) is 11.7. The van der Waals surface area contributed by atoms with Gasteiger partial charge in [0.05, 0.1) is 0 Å². The highest BCUT2D eigenvalue weighted by molar-refractivity contribution is 9.10. The normalized spacial score (nSPS) is 32.9. The molecule has 2 heterocycles. The first-order chi connectivity index (χ1) is 8.22. The second kappa shape index (κ2) is 4.71. The molecule has 1 aromatic carbocycles. The van der Waals surface area contributed by atoms with E-state index >= 15 is 0 Å². The van der Waals surface area contributed by atoms with Crippen LogP contribution in [0.5, 0.6) is 0 Å². The molecule has 3 heteroatoms. The Balaban J connectivity index is 1.74. The van der Waals surface area contributed by atoms with Crippen LogP contribution < -0.4 is 5.73 Å². The maximum absolute atomic E-state index is 6.10. The fraction of sp³-hybridized carbons (Fsp3) is 0.571. The minimum absolute atomic E-state index is 0.436. The quantitative estimate of drug-likeness (QED) is 0.909. The second-order valence-corrected chi connectivity index (χ2v) is 6.33. The van der Waals surface area contributed by atoms with Crippen molar-refractivity contribution in [2.45, 2.75) is 50.4 Å². The van der Waals surface area contributed by atoms with E-state index in [1.807, 2.05) is 0 Å². The Bertz CT molecular complexity index is 393. The molecular formula is C14H19BrN2. The molecule has 0 aliphatic carbocycles. The average Bonchev–Trinajstić information content (AvgIpc) is 2.54. The molecule has 3 rings (SSSR count). The summed E-state index contributed by atoms with van der Waals surface area (Å²) in [6, 6.07) is 10.5. The van der Waals surface area contributed by atoms with Gasteiger partial charge in [-0.15, -0.1) is 0 Å². The maximum atomic E-state index is 6.10. The van der Waals surface area contributed by atoms with Crippen molar-refractivity contribution in [1.82, 2.24) is 4.90 Å². The van der Waals surface area contributed by atoms with Crippen LogP contribution in [-0.2, 0) is 6.54 Å². The van der Waals surface area contributed by atoms with Gasteiger partial charge in [-0.05, 0) is 43.4 Å². The number of fused-ring (bicyclic) bond motifs is 2. The lowest BCUT2D eigenvalue weighted by Crippen LogP contribution is -2.46. The molecule has 0 amide bonds. The number of rotatable bonds is 2. The molecule has 17 heavy (non-hydrogen) atoms. The first-order valence-electron chi connectivity index (χ1n) is 6.48. The molecule has 2 unspecified atom stereocenters. The molecule has 2 aliphatic rings. The topological polar surface area (TPSA) is 29.3 Å². The fourth-order valence-corrected chi connectivity index (χ4v) is 3.87. The van der Waals surface area contributed by atoms with Crippen LogP contribution in [0.2, 0.25) is 0 Å². The van der Waals surface area contributed by atoms with E-state index in [4.69, 9.17) is 5.73 Å². The molecule has 2 aliphatic heterocycles. The summed E-state index contributed by atoms with van der Waals surface area (Å²) in [6.45, 7) is 1.08.